The van der Waals surface area contributed by atoms with Gasteiger partial charge in [-0.05, 0) is 43.2 Å². The van der Waals surface area contributed by atoms with Crippen molar-refractivity contribution in [2.45, 2.75) is 20.4 Å². The molecular formula is C17H18N4. The third-order valence-corrected chi connectivity index (χ3v) is 3.43. The molecule has 0 aliphatic rings. The Morgan fingerprint density at radius 3 is 2.67 bits per heavy atom. The van der Waals surface area contributed by atoms with Gasteiger partial charge < -0.3 is 5.32 Å². The number of imidazole rings is 1. The van der Waals surface area contributed by atoms with Crippen LogP contribution in [0.15, 0.2) is 55.0 Å². The maximum atomic E-state index is 4.57. The molecule has 0 atom stereocenters. The van der Waals surface area contributed by atoms with Gasteiger partial charge in [-0.15, -0.1) is 0 Å². The van der Waals surface area contributed by atoms with Crippen LogP contribution in [0.25, 0.3) is 5.69 Å². The molecule has 2 aromatic heterocycles. The van der Waals surface area contributed by atoms with Gasteiger partial charge in [0.25, 0.3) is 0 Å². The number of hydrogen-bond acceptors (Lipinski definition) is 3. The topological polar surface area (TPSA) is 42.7 Å². The van der Waals surface area contributed by atoms with Gasteiger partial charge in [0.2, 0.25) is 5.95 Å². The van der Waals surface area contributed by atoms with E-state index in [1.165, 1.54) is 11.1 Å². The van der Waals surface area contributed by atoms with E-state index in [4.69, 9.17) is 0 Å². The highest BCUT2D eigenvalue weighted by molar-refractivity contribution is 5.43. The molecule has 21 heavy (non-hydrogen) atoms. The highest BCUT2D eigenvalue weighted by atomic mass is 15.2. The second-order valence-corrected chi connectivity index (χ2v) is 5.07. The minimum absolute atomic E-state index is 0.734. The molecule has 0 bridgehead atoms. The lowest BCUT2D eigenvalue weighted by molar-refractivity contribution is 0.993. The second kappa shape index (κ2) is 5.79. The van der Waals surface area contributed by atoms with Gasteiger partial charge in [-0.25, -0.2) is 4.98 Å². The molecule has 1 N–H and O–H groups in total. The Bertz CT molecular complexity index is 732. The fourth-order valence-corrected chi connectivity index (χ4v) is 2.28. The summed E-state index contributed by atoms with van der Waals surface area (Å²) < 4.78 is 2.08. The van der Waals surface area contributed by atoms with E-state index in [0.29, 0.717) is 0 Å². The van der Waals surface area contributed by atoms with Crippen molar-refractivity contribution in [3.63, 3.8) is 0 Å². The Kier molecular flexibility index (Phi) is 3.69. The molecule has 0 radical (unpaired) electrons. The summed E-state index contributed by atoms with van der Waals surface area (Å²) in [4.78, 5) is 8.69. The van der Waals surface area contributed by atoms with Gasteiger partial charge in [-0.1, -0.05) is 18.2 Å². The lowest BCUT2D eigenvalue weighted by Crippen LogP contribution is -2.07. The summed E-state index contributed by atoms with van der Waals surface area (Å²) in [5.41, 5.74) is 4.50. The quantitative estimate of drug-likeness (QED) is 0.794. The number of hydrogen-bond donors (Lipinski definition) is 1. The van der Waals surface area contributed by atoms with Crippen LogP contribution in [0.1, 0.15) is 16.8 Å². The van der Waals surface area contributed by atoms with E-state index in [-0.39, 0.29) is 0 Å². The molecule has 0 saturated carbocycles. The number of anilines is 1. The maximum Gasteiger partial charge on any atom is 0.208 e. The van der Waals surface area contributed by atoms with Crippen LogP contribution < -0.4 is 5.32 Å². The first-order valence-electron chi connectivity index (χ1n) is 6.99. The Morgan fingerprint density at radius 1 is 1.10 bits per heavy atom. The Labute approximate surface area is 124 Å². The van der Waals surface area contributed by atoms with Crippen LogP contribution in [-0.4, -0.2) is 14.5 Å². The van der Waals surface area contributed by atoms with Crippen molar-refractivity contribution in [3.8, 4) is 5.69 Å². The number of aromatic nitrogens is 3. The number of aryl methyl sites for hydroxylation is 2. The van der Waals surface area contributed by atoms with E-state index in [2.05, 4.69) is 38.9 Å². The number of nitrogens with one attached hydrogen (secondary N) is 1. The van der Waals surface area contributed by atoms with Crippen LogP contribution in [0, 0.1) is 13.8 Å². The molecule has 0 spiro atoms. The highest BCUT2D eigenvalue weighted by Crippen LogP contribution is 2.17. The number of benzene rings is 1. The molecule has 0 saturated heterocycles. The summed E-state index contributed by atoms with van der Waals surface area (Å²) in [7, 11) is 0. The standard InChI is InChI=1S/C17H18N4/c1-13-10-18-9-8-15(13)11-19-17-20-14(2)12-21(17)16-6-4-3-5-7-16/h3-10,12H,11H2,1-2H3,(H,19,20). The molecule has 4 heteroatoms. The molecule has 0 amide bonds. The Balaban J connectivity index is 1.85. The minimum Gasteiger partial charge on any atom is -0.351 e. The summed E-state index contributed by atoms with van der Waals surface area (Å²) in [6, 6.07) is 12.3. The van der Waals surface area contributed by atoms with Crippen molar-refractivity contribution in [1.82, 2.24) is 14.5 Å². The fourth-order valence-electron chi connectivity index (χ4n) is 2.28. The monoisotopic (exact) mass is 278 g/mol. The molecule has 0 unspecified atom stereocenters. The number of nitrogens with zero attached hydrogens (tertiary/aromatic N) is 3. The van der Waals surface area contributed by atoms with Gasteiger partial charge in [0.1, 0.15) is 0 Å². The van der Waals surface area contributed by atoms with Crippen LogP contribution in [0.4, 0.5) is 5.95 Å². The van der Waals surface area contributed by atoms with Gasteiger partial charge in [0.15, 0.2) is 0 Å². The van der Waals surface area contributed by atoms with Gasteiger partial charge >= 0.3 is 0 Å². The smallest absolute Gasteiger partial charge is 0.208 e. The minimum atomic E-state index is 0.734. The van der Waals surface area contributed by atoms with Gasteiger partial charge in [-0.3, -0.25) is 9.55 Å². The predicted molar refractivity (Wildman–Crippen MR) is 84.6 cm³/mol. The number of rotatable bonds is 4. The first-order valence-corrected chi connectivity index (χ1v) is 6.99. The van der Waals surface area contributed by atoms with E-state index in [1.54, 1.807) is 0 Å². The first kappa shape index (κ1) is 13.4. The summed E-state index contributed by atoms with van der Waals surface area (Å²) in [5, 5.41) is 3.41. The van der Waals surface area contributed by atoms with E-state index in [9.17, 15) is 0 Å². The number of pyridine rings is 1. The SMILES string of the molecule is Cc1cn(-c2ccccc2)c(NCc2ccncc2C)n1. The van der Waals surface area contributed by atoms with Crippen molar-refractivity contribution < 1.29 is 0 Å². The van der Waals surface area contributed by atoms with Crippen LogP contribution in [-0.2, 0) is 6.54 Å². The summed E-state index contributed by atoms with van der Waals surface area (Å²) in [6.07, 6.45) is 5.74. The predicted octanol–water partition coefficient (Wildman–Crippen LogP) is 3.50. The zero-order chi connectivity index (χ0) is 14.7. The molecule has 106 valence electrons. The third-order valence-electron chi connectivity index (χ3n) is 3.43. The second-order valence-electron chi connectivity index (χ2n) is 5.07. The molecule has 0 aliphatic heterocycles. The first-order chi connectivity index (χ1) is 10.2. The van der Waals surface area contributed by atoms with Gasteiger partial charge in [0.05, 0.1) is 5.69 Å². The molecule has 3 rings (SSSR count). The average Bonchev–Trinajstić information content (AvgIpc) is 2.88. The lowest BCUT2D eigenvalue weighted by atomic mass is 10.1. The summed E-state index contributed by atoms with van der Waals surface area (Å²) in [6.45, 7) is 4.80. The fraction of sp³-hybridized carbons (Fsp3) is 0.176. The van der Waals surface area contributed by atoms with E-state index in [0.717, 1.165) is 23.9 Å². The van der Waals surface area contributed by atoms with Crippen molar-refractivity contribution in [1.29, 1.82) is 0 Å². The van der Waals surface area contributed by atoms with Crippen LogP contribution in [0.2, 0.25) is 0 Å². The normalized spacial score (nSPS) is 10.6. The van der Waals surface area contributed by atoms with Crippen molar-refractivity contribution in [2.75, 3.05) is 5.32 Å². The van der Waals surface area contributed by atoms with Crippen molar-refractivity contribution in [2.24, 2.45) is 0 Å². The Morgan fingerprint density at radius 2 is 1.90 bits per heavy atom. The third kappa shape index (κ3) is 2.94. The average molecular weight is 278 g/mol. The number of para-hydroxylation sites is 1. The molecule has 2 heterocycles. The van der Waals surface area contributed by atoms with E-state index < -0.39 is 0 Å². The molecule has 4 nitrogen and oxygen atoms in total. The molecular weight excluding hydrogens is 260 g/mol. The van der Waals surface area contributed by atoms with E-state index >= 15 is 0 Å². The van der Waals surface area contributed by atoms with Gasteiger partial charge in [-0.2, -0.15) is 0 Å². The van der Waals surface area contributed by atoms with E-state index in [1.807, 2.05) is 49.8 Å². The maximum absolute atomic E-state index is 4.57. The van der Waals surface area contributed by atoms with Crippen molar-refractivity contribution in [3.05, 3.63) is 71.8 Å². The molecule has 1 aromatic carbocycles. The van der Waals surface area contributed by atoms with Gasteiger partial charge in [0, 0.05) is 30.8 Å². The lowest BCUT2D eigenvalue weighted by Gasteiger charge is -2.10. The molecule has 0 fully saturated rings. The summed E-state index contributed by atoms with van der Waals surface area (Å²) in [5.74, 6) is 0.856. The molecule has 3 aromatic rings. The van der Waals surface area contributed by atoms with Crippen LogP contribution in [0.5, 0.6) is 0 Å². The largest absolute Gasteiger partial charge is 0.351 e. The highest BCUT2D eigenvalue weighted by Gasteiger charge is 2.07. The van der Waals surface area contributed by atoms with Crippen molar-refractivity contribution >= 4 is 5.95 Å². The van der Waals surface area contributed by atoms with Crippen LogP contribution >= 0.6 is 0 Å². The zero-order valence-electron chi connectivity index (χ0n) is 12.2. The zero-order valence-corrected chi connectivity index (χ0v) is 12.2. The Hall–Kier alpha value is -2.62. The van der Waals surface area contributed by atoms with Crippen LogP contribution in [0.3, 0.4) is 0 Å². The molecule has 0 aliphatic carbocycles. The summed E-state index contributed by atoms with van der Waals surface area (Å²) >= 11 is 0.